The summed E-state index contributed by atoms with van der Waals surface area (Å²) in [5.41, 5.74) is 0.966. The highest BCUT2D eigenvalue weighted by molar-refractivity contribution is 9.10. The lowest BCUT2D eigenvalue weighted by Gasteiger charge is -2.36. The summed E-state index contributed by atoms with van der Waals surface area (Å²) >= 11 is 3.45. The second kappa shape index (κ2) is 6.55. The zero-order valence-corrected chi connectivity index (χ0v) is 13.1. The topological polar surface area (TPSA) is 32.7 Å². The third kappa shape index (κ3) is 3.70. The average molecular weight is 316 g/mol. The average Bonchev–Trinajstić information content (AvgIpc) is 2.37. The molecule has 18 heavy (non-hydrogen) atoms. The van der Waals surface area contributed by atoms with Gasteiger partial charge in [-0.1, -0.05) is 13.0 Å². The third-order valence-corrected chi connectivity index (χ3v) is 3.87. The molecule has 0 saturated carbocycles. The molecule has 0 bridgehead atoms. The van der Waals surface area contributed by atoms with Gasteiger partial charge in [0.15, 0.2) is 0 Å². The van der Waals surface area contributed by atoms with Crippen LogP contribution in [0.5, 0.6) is 5.75 Å². The Morgan fingerprint density at radius 1 is 1.39 bits per heavy atom. The monoisotopic (exact) mass is 315 g/mol. The van der Waals surface area contributed by atoms with Gasteiger partial charge in [0, 0.05) is 12.1 Å². The van der Waals surface area contributed by atoms with Crippen molar-refractivity contribution >= 4 is 15.9 Å². The van der Waals surface area contributed by atoms with E-state index in [1.165, 1.54) is 5.56 Å². The summed E-state index contributed by atoms with van der Waals surface area (Å²) in [7, 11) is 1.67. The lowest BCUT2D eigenvalue weighted by atomic mass is 10.0. The maximum absolute atomic E-state index is 9.44. The molecule has 3 nitrogen and oxygen atoms in total. The van der Waals surface area contributed by atoms with Crippen molar-refractivity contribution in [3.63, 3.8) is 0 Å². The first kappa shape index (κ1) is 15.5. The first-order valence-corrected chi connectivity index (χ1v) is 6.92. The summed E-state index contributed by atoms with van der Waals surface area (Å²) in [6, 6.07) is 6.09. The van der Waals surface area contributed by atoms with Crippen molar-refractivity contribution in [2.24, 2.45) is 0 Å². The molecule has 1 aromatic rings. The van der Waals surface area contributed by atoms with Crippen LogP contribution in [0.4, 0.5) is 0 Å². The van der Waals surface area contributed by atoms with E-state index in [4.69, 9.17) is 4.74 Å². The highest BCUT2D eigenvalue weighted by Crippen LogP contribution is 2.27. The molecule has 0 saturated heterocycles. The van der Waals surface area contributed by atoms with Gasteiger partial charge in [0.2, 0.25) is 0 Å². The van der Waals surface area contributed by atoms with Gasteiger partial charge in [0.25, 0.3) is 0 Å². The van der Waals surface area contributed by atoms with E-state index in [9.17, 15) is 5.11 Å². The Bertz CT molecular complexity index is 393. The minimum Gasteiger partial charge on any atom is -0.496 e. The normalized spacial score (nSPS) is 11.9. The predicted octanol–water partition coefficient (Wildman–Crippen LogP) is 3.05. The predicted molar refractivity (Wildman–Crippen MR) is 77.9 cm³/mol. The van der Waals surface area contributed by atoms with Gasteiger partial charge in [-0.15, -0.1) is 0 Å². The lowest BCUT2D eigenvalue weighted by Crippen LogP contribution is -2.46. The summed E-state index contributed by atoms with van der Waals surface area (Å²) < 4.78 is 6.25. The van der Waals surface area contributed by atoms with Crippen molar-refractivity contribution in [3.8, 4) is 5.75 Å². The maximum Gasteiger partial charge on any atom is 0.133 e. The van der Waals surface area contributed by atoms with Crippen LogP contribution in [0.1, 0.15) is 26.3 Å². The molecule has 1 aromatic carbocycles. The van der Waals surface area contributed by atoms with Gasteiger partial charge >= 0.3 is 0 Å². The minimum absolute atomic E-state index is 0.147. The Balaban J connectivity index is 2.89. The van der Waals surface area contributed by atoms with Gasteiger partial charge < -0.3 is 9.84 Å². The number of nitrogens with zero attached hydrogens (tertiary/aromatic N) is 1. The van der Waals surface area contributed by atoms with Gasteiger partial charge in [-0.3, -0.25) is 4.90 Å². The van der Waals surface area contributed by atoms with Gasteiger partial charge in [0.05, 0.1) is 18.2 Å². The number of methoxy groups -OCH3 is 1. The molecule has 0 aliphatic heterocycles. The summed E-state index contributed by atoms with van der Waals surface area (Å²) in [6.07, 6.45) is 0. The van der Waals surface area contributed by atoms with Crippen LogP contribution < -0.4 is 4.74 Å². The number of halogens is 1. The first-order chi connectivity index (χ1) is 8.44. The van der Waals surface area contributed by atoms with E-state index in [0.717, 1.165) is 23.3 Å². The Kier molecular flexibility index (Phi) is 5.63. The Morgan fingerprint density at radius 2 is 2.06 bits per heavy atom. The van der Waals surface area contributed by atoms with Crippen molar-refractivity contribution in [2.45, 2.75) is 32.9 Å². The summed E-state index contributed by atoms with van der Waals surface area (Å²) in [6.45, 7) is 8.04. The molecule has 0 fully saturated rings. The lowest BCUT2D eigenvalue weighted by molar-refractivity contribution is 0.0551. The van der Waals surface area contributed by atoms with Gasteiger partial charge in [-0.05, 0) is 54.0 Å². The molecule has 1 rings (SSSR count). The van der Waals surface area contributed by atoms with Crippen LogP contribution in [0.15, 0.2) is 22.7 Å². The standard InChI is InChI=1S/C14H22BrNO2/c1-5-16(14(2,3)10-17)9-11-6-7-12(15)13(8-11)18-4/h6-8,17H,5,9-10H2,1-4H3. The number of hydrogen-bond donors (Lipinski definition) is 1. The number of aliphatic hydroxyl groups is 1. The van der Waals surface area contributed by atoms with E-state index in [-0.39, 0.29) is 12.1 Å². The smallest absolute Gasteiger partial charge is 0.133 e. The quantitative estimate of drug-likeness (QED) is 0.875. The highest BCUT2D eigenvalue weighted by Gasteiger charge is 2.24. The fourth-order valence-electron chi connectivity index (χ4n) is 1.88. The molecule has 0 aromatic heterocycles. The van der Waals surface area contributed by atoms with E-state index in [1.54, 1.807) is 7.11 Å². The van der Waals surface area contributed by atoms with Crippen LogP contribution >= 0.6 is 15.9 Å². The van der Waals surface area contributed by atoms with E-state index in [2.05, 4.69) is 33.8 Å². The molecule has 102 valence electrons. The van der Waals surface area contributed by atoms with E-state index < -0.39 is 0 Å². The molecule has 0 unspecified atom stereocenters. The van der Waals surface area contributed by atoms with Crippen LogP contribution in [0.25, 0.3) is 0 Å². The zero-order chi connectivity index (χ0) is 13.8. The van der Waals surface area contributed by atoms with Gasteiger partial charge in [0.1, 0.15) is 5.75 Å². The summed E-state index contributed by atoms with van der Waals surface area (Å²) in [5.74, 6) is 0.838. The Hall–Kier alpha value is -0.580. The first-order valence-electron chi connectivity index (χ1n) is 6.13. The number of ether oxygens (including phenoxy) is 1. The number of benzene rings is 1. The van der Waals surface area contributed by atoms with E-state index in [0.29, 0.717) is 0 Å². The molecule has 0 amide bonds. The number of rotatable bonds is 6. The van der Waals surface area contributed by atoms with Crippen LogP contribution in [0.3, 0.4) is 0 Å². The van der Waals surface area contributed by atoms with Crippen molar-refractivity contribution in [1.82, 2.24) is 4.90 Å². The van der Waals surface area contributed by atoms with Gasteiger partial charge in [-0.25, -0.2) is 0 Å². The van der Waals surface area contributed by atoms with Crippen LogP contribution in [-0.4, -0.2) is 35.8 Å². The molecule has 0 aliphatic carbocycles. The van der Waals surface area contributed by atoms with Crippen LogP contribution in [0.2, 0.25) is 0 Å². The molecule has 4 heteroatoms. The fraction of sp³-hybridized carbons (Fsp3) is 0.571. The maximum atomic E-state index is 9.44. The Morgan fingerprint density at radius 3 is 2.56 bits per heavy atom. The van der Waals surface area contributed by atoms with Crippen molar-refractivity contribution < 1.29 is 9.84 Å². The fourth-order valence-corrected chi connectivity index (χ4v) is 2.29. The van der Waals surface area contributed by atoms with E-state index >= 15 is 0 Å². The molecular formula is C14H22BrNO2. The van der Waals surface area contributed by atoms with Crippen LogP contribution in [-0.2, 0) is 6.54 Å². The molecule has 0 atom stereocenters. The number of likely N-dealkylation sites (N-methyl/N-ethyl adjacent to an activating group) is 1. The molecule has 0 radical (unpaired) electrons. The summed E-state index contributed by atoms with van der Waals surface area (Å²) in [5, 5.41) is 9.44. The third-order valence-electron chi connectivity index (χ3n) is 3.21. The SMILES string of the molecule is CCN(Cc1ccc(Br)c(OC)c1)C(C)(C)CO. The largest absolute Gasteiger partial charge is 0.496 e. The second-order valence-corrected chi connectivity index (χ2v) is 5.81. The summed E-state index contributed by atoms with van der Waals surface area (Å²) in [4.78, 5) is 2.25. The molecule has 0 heterocycles. The van der Waals surface area contributed by atoms with E-state index in [1.807, 2.05) is 26.0 Å². The van der Waals surface area contributed by atoms with Crippen molar-refractivity contribution in [3.05, 3.63) is 28.2 Å². The van der Waals surface area contributed by atoms with Crippen molar-refractivity contribution in [1.29, 1.82) is 0 Å². The number of hydrogen-bond acceptors (Lipinski definition) is 3. The highest BCUT2D eigenvalue weighted by atomic mass is 79.9. The van der Waals surface area contributed by atoms with Gasteiger partial charge in [-0.2, -0.15) is 0 Å². The van der Waals surface area contributed by atoms with Crippen molar-refractivity contribution in [2.75, 3.05) is 20.3 Å². The molecule has 0 aliphatic rings. The molecule has 0 spiro atoms. The minimum atomic E-state index is -0.213. The molecule has 1 N–H and O–H groups in total. The Labute approximate surface area is 118 Å². The number of aliphatic hydroxyl groups excluding tert-OH is 1. The molecular weight excluding hydrogens is 294 g/mol. The van der Waals surface area contributed by atoms with Crippen LogP contribution in [0, 0.1) is 0 Å². The zero-order valence-electron chi connectivity index (χ0n) is 11.5. The second-order valence-electron chi connectivity index (χ2n) is 4.95.